The van der Waals surface area contributed by atoms with Gasteiger partial charge in [0.15, 0.2) is 5.82 Å². The number of hydrogen-bond donors (Lipinski definition) is 1. The number of aromatic nitrogens is 3. The van der Waals surface area contributed by atoms with Crippen LogP contribution in [0.25, 0.3) is 17.1 Å². The predicted octanol–water partition coefficient (Wildman–Crippen LogP) is 4.98. The van der Waals surface area contributed by atoms with Crippen molar-refractivity contribution in [2.45, 2.75) is 45.9 Å². The summed E-state index contributed by atoms with van der Waals surface area (Å²) in [5.74, 6) is 0.212. The smallest absolute Gasteiger partial charge is 0.342 e. The van der Waals surface area contributed by atoms with Crippen molar-refractivity contribution in [2.24, 2.45) is 0 Å². The van der Waals surface area contributed by atoms with Gasteiger partial charge in [-0.25, -0.2) is 9.78 Å². The molecule has 0 saturated carbocycles. The molecule has 0 spiro atoms. The van der Waals surface area contributed by atoms with Crippen molar-refractivity contribution in [2.75, 3.05) is 26.9 Å². The van der Waals surface area contributed by atoms with Crippen LogP contribution in [0.1, 0.15) is 44.6 Å². The van der Waals surface area contributed by atoms with Crippen LogP contribution in [-0.4, -0.2) is 63.7 Å². The fraction of sp³-hybridized carbons (Fsp3) is 0.344. The van der Waals surface area contributed by atoms with E-state index in [1.54, 1.807) is 6.07 Å². The molecule has 1 fully saturated rings. The first-order chi connectivity index (χ1) is 19.9. The van der Waals surface area contributed by atoms with E-state index in [-0.39, 0.29) is 11.4 Å². The Morgan fingerprint density at radius 1 is 1.15 bits per heavy atom. The Morgan fingerprint density at radius 2 is 2.00 bits per heavy atom. The third-order valence-corrected chi connectivity index (χ3v) is 8.05. The van der Waals surface area contributed by atoms with Gasteiger partial charge in [0.25, 0.3) is 0 Å². The molecule has 2 aliphatic rings. The first-order valence-electron chi connectivity index (χ1n) is 13.9. The van der Waals surface area contributed by atoms with Gasteiger partial charge in [-0.05, 0) is 72.7 Å². The highest BCUT2D eigenvalue weighted by molar-refractivity contribution is 5.90. The molecule has 2 aromatic heterocycles. The largest absolute Gasteiger partial charge is 0.488 e. The van der Waals surface area contributed by atoms with Gasteiger partial charge in [-0.15, -0.1) is 0 Å². The number of ether oxygens (including phenoxy) is 3. The lowest BCUT2D eigenvalue weighted by molar-refractivity contribution is 0.0693. The topological polar surface area (TPSA) is 98.9 Å². The molecular formula is C32H34N4O5. The number of aryl methyl sites for hydroxylation is 2. The van der Waals surface area contributed by atoms with Gasteiger partial charge in [-0.1, -0.05) is 30.3 Å². The van der Waals surface area contributed by atoms with Crippen LogP contribution < -0.4 is 9.47 Å². The van der Waals surface area contributed by atoms with Crippen molar-refractivity contribution in [3.63, 3.8) is 0 Å². The molecule has 41 heavy (non-hydrogen) atoms. The lowest BCUT2D eigenvalue weighted by Crippen LogP contribution is -2.39. The van der Waals surface area contributed by atoms with Crippen LogP contribution in [0.15, 0.2) is 54.7 Å². The van der Waals surface area contributed by atoms with Crippen LogP contribution in [-0.2, 0) is 24.3 Å². The number of fused-ring (bicyclic) bond motifs is 1. The van der Waals surface area contributed by atoms with E-state index in [0.717, 1.165) is 61.6 Å². The Balaban J connectivity index is 1.25. The van der Waals surface area contributed by atoms with Crippen molar-refractivity contribution < 1.29 is 24.1 Å². The van der Waals surface area contributed by atoms with Gasteiger partial charge in [0, 0.05) is 31.3 Å². The van der Waals surface area contributed by atoms with E-state index >= 15 is 0 Å². The van der Waals surface area contributed by atoms with Crippen molar-refractivity contribution in [3.05, 3.63) is 88.1 Å². The zero-order chi connectivity index (χ0) is 28.5. The van der Waals surface area contributed by atoms with Crippen LogP contribution >= 0.6 is 0 Å². The number of pyridine rings is 1. The van der Waals surface area contributed by atoms with Gasteiger partial charge in [0.05, 0.1) is 25.6 Å². The summed E-state index contributed by atoms with van der Waals surface area (Å²) >= 11 is 0. The second-order valence-corrected chi connectivity index (χ2v) is 10.7. The Labute approximate surface area is 239 Å². The van der Waals surface area contributed by atoms with Crippen molar-refractivity contribution in [1.29, 1.82) is 0 Å². The van der Waals surface area contributed by atoms with Gasteiger partial charge >= 0.3 is 5.97 Å². The standard InChI is InChI=1S/C32H34N4O5/c1-20-6-4-7-25(28-8-5-9-29(34-28)36-31(39-3)26(16-33-36)32(37)38)30(20)41-18-22-14-21(2)27-17-35(12-10-23(27)15-22)24-11-13-40-19-24/h4-9,14-16,24H,10-13,17-19H2,1-3H3,(H,37,38). The summed E-state index contributed by atoms with van der Waals surface area (Å²) < 4.78 is 18.8. The zero-order valence-electron chi connectivity index (χ0n) is 23.6. The average Bonchev–Trinajstić information content (AvgIpc) is 3.67. The maximum atomic E-state index is 11.6. The molecule has 0 amide bonds. The van der Waals surface area contributed by atoms with E-state index in [1.807, 2.05) is 37.3 Å². The van der Waals surface area contributed by atoms with E-state index in [4.69, 9.17) is 19.2 Å². The second kappa shape index (κ2) is 11.3. The van der Waals surface area contributed by atoms with Crippen LogP contribution in [0.3, 0.4) is 0 Å². The fourth-order valence-corrected chi connectivity index (χ4v) is 5.91. The SMILES string of the molecule is COc1c(C(=O)O)cnn1-c1cccc(-c2cccc(C)c2OCc2cc(C)c3c(c2)CCN(C2CCOC2)C3)n1. The predicted molar refractivity (Wildman–Crippen MR) is 154 cm³/mol. The van der Waals surface area contributed by atoms with E-state index in [1.165, 1.54) is 34.7 Å². The third kappa shape index (κ3) is 5.30. The maximum Gasteiger partial charge on any atom is 0.342 e. The second-order valence-electron chi connectivity index (χ2n) is 10.7. The van der Waals surface area contributed by atoms with Gasteiger partial charge in [-0.2, -0.15) is 9.78 Å². The summed E-state index contributed by atoms with van der Waals surface area (Å²) in [6, 6.07) is 16.6. The molecule has 0 radical (unpaired) electrons. The third-order valence-electron chi connectivity index (χ3n) is 8.05. The quantitative estimate of drug-likeness (QED) is 0.326. The van der Waals surface area contributed by atoms with E-state index in [9.17, 15) is 9.90 Å². The lowest BCUT2D eigenvalue weighted by Gasteiger charge is -2.34. The summed E-state index contributed by atoms with van der Waals surface area (Å²) in [4.78, 5) is 18.9. The number of nitrogens with zero attached hydrogens (tertiary/aromatic N) is 4. The molecule has 1 unspecified atom stereocenters. The van der Waals surface area contributed by atoms with E-state index in [0.29, 0.717) is 24.2 Å². The Kier molecular flexibility index (Phi) is 7.47. The first-order valence-corrected chi connectivity index (χ1v) is 13.9. The van der Waals surface area contributed by atoms with Crippen LogP contribution in [0.5, 0.6) is 11.6 Å². The van der Waals surface area contributed by atoms with Crippen molar-refractivity contribution in [1.82, 2.24) is 19.7 Å². The number of carbonyl (C=O) groups is 1. The highest BCUT2D eigenvalue weighted by atomic mass is 16.5. The van der Waals surface area contributed by atoms with Gasteiger partial charge in [0.1, 0.15) is 17.9 Å². The van der Waals surface area contributed by atoms with Gasteiger partial charge in [-0.3, -0.25) is 4.90 Å². The van der Waals surface area contributed by atoms with E-state index in [2.05, 4.69) is 29.1 Å². The number of aromatic carboxylic acids is 1. The van der Waals surface area contributed by atoms with Crippen LogP contribution in [0.4, 0.5) is 0 Å². The summed E-state index contributed by atoms with van der Waals surface area (Å²) in [5, 5.41) is 13.7. The lowest BCUT2D eigenvalue weighted by atomic mass is 9.92. The first kappa shape index (κ1) is 27.0. The molecule has 0 bridgehead atoms. The summed E-state index contributed by atoms with van der Waals surface area (Å²) in [7, 11) is 1.42. The number of methoxy groups -OCH3 is 1. The van der Waals surface area contributed by atoms with Gasteiger partial charge in [0.2, 0.25) is 5.88 Å². The number of benzene rings is 2. The molecule has 9 nitrogen and oxygen atoms in total. The normalized spacial score (nSPS) is 16.9. The molecule has 1 N–H and O–H groups in total. The minimum Gasteiger partial charge on any atom is -0.488 e. The summed E-state index contributed by atoms with van der Waals surface area (Å²) in [6.07, 6.45) is 3.42. The molecular weight excluding hydrogens is 520 g/mol. The fourth-order valence-electron chi connectivity index (χ4n) is 5.91. The number of hydrogen-bond acceptors (Lipinski definition) is 7. The highest BCUT2D eigenvalue weighted by Gasteiger charge is 2.27. The molecule has 9 heteroatoms. The minimum absolute atomic E-state index is 0.0279. The van der Waals surface area contributed by atoms with E-state index < -0.39 is 5.97 Å². The van der Waals surface area contributed by atoms with Crippen molar-refractivity contribution >= 4 is 5.97 Å². The molecule has 1 atom stereocenters. The molecule has 1 saturated heterocycles. The zero-order valence-corrected chi connectivity index (χ0v) is 23.6. The molecule has 2 aliphatic heterocycles. The monoisotopic (exact) mass is 554 g/mol. The number of carboxylic acid groups (broad SMARTS) is 1. The molecule has 0 aliphatic carbocycles. The highest BCUT2D eigenvalue weighted by Crippen LogP contribution is 2.34. The van der Waals surface area contributed by atoms with Crippen LogP contribution in [0, 0.1) is 13.8 Å². The van der Waals surface area contributed by atoms with Crippen molar-refractivity contribution in [3.8, 4) is 28.7 Å². The summed E-state index contributed by atoms with van der Waals surface area (Å²) in [6.45, 7) is 8.42. The number of carboxylic acids is 1. The number of rotatable bonds is 8. The minimum atomic E-state index is -1.11. The molecule has 2 aromatic carbocycles. The Hall–Kier alpha value is -4.21. The van der Waals surface area contributed by atoms with Gasteiger partial charge < -0.3 is 19.3 Å². The molecule has 4 aromatic rings. The molecule has 4 heterocycles. The molecule has 6 rings (SSSR count). The Morgan fingerprint density at radius 3 is 2.78 bits per heavy atom. The average molecular weight is 555 g/mol. The maximum absolute atomic E-state index is 11.6. The van der Waals surface area contributed by atoms with Crippen LogP contribution in [0.2, 0.25) is 0 Å². The Bertz CT molecular complexity index is 1590. The number of para-hydroxylation sites is 1. The molecule has 212 valence electrons. The summed E-state index contributed by atoms with van der Waals surface area (Å²) in [5.41, 5.74) is 7.81.